The summed E-state index contributed by atoms with van der Waals surface area (Å²) in [6.07, 6.45) is -2.17. The Kier molecular flexibility index (Phi) is 4.69. The van der Waals surface area contributed by atoms with E-state index < -0.39 is 24.3 Å². The molecule has 0 aliphatic carbocycles. The predicted molar refractivity (Wildman–Crippen MR) is 81.4 cm³/mol. The fraction of sp³-hybridized carbons (Fsp3) is 0.200. The number of rotatable bonds is 5. The van der Waals surface area contributed by atoms with Gasteiger partial charge in [-0.25, -0.2) is 14.1 Å². The lowest BCUT2D eigenvalue weighted by molar-refractivity contribution is -0.141. The number of benzene rings is 1. The first kappa shape index (κ1) is 17.6. The van der Waals surface area contributed by atoms with Crippen LogP contribution in [0.3, 0.4) is 0 Å². The number of nitrogens with zero attached hydrogens (tertiary/aromatic N) is 5. The fourth-order valence-corrected chi connectivity index (χ4v) is 2.16. The second-order valence-electron chi connectivity index (χ2n) is 5.34. The van der Waals surface area contributed by atoms with E-state index >= 15 is 0 Å². The van der Waals surface area contributed by atoms with Gasteiger partial charge in [-0.2, -0.15) is 18.3 Å². The van der Waals surface area contributed by atoms with Crippen molar-refractivity contribution in [3.05, 3.63) is 59.9 Å². The third kappa shape index (κ3) is 4.43. The number of alkyl halides is 3. The number of carbonyl (C=O) groups is 1. The summed E-state index contributed by atoms with van der Waals surface area (Å²) in [5.41, 5.74) is -0.424. The van der Waals surface area contributed by atoms with Gasteiger partial charge in [-0.1, -0.05) is 12.1 Å². The maximum Gasteiger partial charge on any atom is 0.435 e. The summed E-state index contributed by atoms with van der Waals surface area (Å²) in [7, 11) is 0. The quantitative estimate of drug-likeness (QED) is 0.701. The lowest BCUT2D eigenvalue weighted by atomic mass is 10.2. The molecule has 1 N–H and O–H groups in total. The van der Waals surface area contributed by atoms with Crippen LogP contribution in [0.25, 0.3) is 0 Å². The van der Waals surface area contributed by atoms with Gasteiger partial charge in [0, 0.05) is 6.20 Å². The molecule has 1 amide bonds. The number of anilines is 1. The molecule has 0 unspecified atom stereocenters. The minimum Gasteiger partial charge on any atom is -0.292 e. The average Bonchev–Trinajstić information content (AvgIpc) is 3.16. The summed E-state index contributed by atoms with van der Waals surface area (Å²) in [5, 5.41) is 9.64. The Morgan fingerprint density at radius 2 is 1.96 bits per heavy atom. The van der Waals surface area contributed by atoms with E-state index in [-0.39, 0.29) is 18.3 Å². The zero-order chi connectivity index (χ0) is 18.7. The summed E-state index contributed by atoms with van der Waals surface area (Å²) in [5.74, 6) is -1.03. The smallest absolute Gasteiger partial charge is 0.292 e. The van der Waals surface area contributed by atoms with Crippen LogP contribution in [-0.4, -0.2) is 30.5 Å². The topological polar surface area (TPSA) is 77.6 Å². The number of hydrogen-bond acceptors (Lipinski definition) is 4. The summed E-state index contributed by atoms with van der Waals surface area (Å²) in [6.45, 7) is -0.177. The Morgan fingerprint density at radius 3 is 2.65 bits per heavy atom. The maximum atomic E-state index is 13.1. The lowest BCUT2D eigenvalue weighted by Gasteiger charge is -2.03. The maximum absolute atomic E-state index is 13.1. The van der Waals surface area contributed by atoms with E-state index in [9.17, 15) is 22.4 Å². The predicted octanol–water partition coefficient (Wildman–Crippen LogP) is 2.32. The van der Waals surface area contributed by atoms with E-state index in [0.717, 1.165) is 16.9 Å². The molecular weight excluding hydrogens is 356 g/mol. The second kappa shape index (κ2) is 6.94. The molecule has 0 bridgehead atoms. The molecule has 26 heavy (non-hydrogen) atoms. The molecule has 0 radical (unpaired) electrons. The molecule has 0 fully saturated rings. The molecule has 3 rings (SSSR count). The van der Waals surface area contributed by atoms with Crippen molar-refractivity contribution < 1.29 is 22.4 Å². The van der Waals surface area contributed by atoms with Gasteiger partial charge in [0.15, 0.2) is 5.69 Å². The number of nitrogens with one attached hydrogen (secondary N) is 1. The lowest BCUT2D eigenvalue weighted by Crippen LogP contribution is -2.20. The van der Waals surface area contributed by atoms with Crippen LogP contribution in [0.5, 0.6) is 0 Å². The summed E-state index contributed by atoms with van der Waals surface area (Å²) >= 11 is 0. The number of hydrogen-bond donors (Lipinski definition) is 1. The number of amides is 1. The molecule has 0 saturated carbocycles. The molecule has 0 atom stereocenters. The molecule has 7 nitrogen and oxygen atoms in total. The summed E-state index contributed by atoms with van der Waals surface area (Å²) < 4.78 is 52.8. The van der Waals surface area contributed by atoms with Gasteiger partial charge in [0.1, 0.15) is 18.7 Å². The first-order valence-corrected chi connectivity index (χ1v) is 7.34. The van der Waals surface area contributed by atoms with Gasteiger partial charge >= 0.3 is 6.18 Å². The van der Waals surface area contributed by atoms with Gasteiger partial charge in [0.2, 0.25) is 11.9 Å². The highest BCUT2D eigenvalue weighted by Gasteiger charge is 2.33. The largest absolute Gasteiger partial charge is 0.435 e. The standard InChI is InChI=1S/C15H12F4N6O/c16-11-3-1-2-10(6-11)7-25-9-20-14(23-25)21-13(26)8-24-5-4-12(22-24)15(17,18)19/h1-6,9H,7-8H2,(H,21,23,26). The first-order valence-electron chi connectivity index (χ1n) is 7.34. The molecule has 2 heterocycles. The monoisotopic (exact) mass is 368 g/mol. The highest BCUT2D eigenvalue weighted by atomic mass is 19.4. The van der Waals surface area contributed by atoms with E-state index in [1.165, 1.54) is 23.1 Å². The van der Waals surface area contributed by atoms with E-state index in [2.05, 4.69) is 20.5 Å². The Morgan fingerprint density at radius 1 is 1.15 bits per heavy atom. The molecule has 2 aromatic heterocycles. The molecule has 0 spiro atoms. The van der Waals surface area contributed by atoms with Gasteiger partial charge in [0.05, 0.1) is 6.54 Å². The van der Waals surface area contributed by atoms with Crippen molar-refractivity contribution in [2.75, 3.05) is 5.32 Å². The Bertz CT molecular complexity index is 917. The number of aromatic nitrogens is 5. The summed E-state index contributed by atoms with van der Waals surface area (Å²) in [6, 6.07) is 6.70. The minimum atomic E-state index is -4.57. The first-order chi connectivity index (χ1) is 12.3. The van der Waals surface area contributed by atoms with Crippen molar-refractivity contribution in [2.45, 2.75) is 19.3 Å². The summed E-state index contributed by atoms with van der Waals surface area (Å²) in [4.78, 5) is 15.7. The molecule has 11 heteroatoms. The van der Waals surface area contributed by atoms with Crippen LogP contribution < -0.4 is 5.32 Å². The highest BCUT2D eigenvalue weighted by molar-refractivity contribution is 5.88. The second-order valence-corrected chi connectivity index (χ2v) is 5.34. The number of carbonyl (C=O) groups excluding carboxylic acids is 1. The van der Waals surface area contributed by atoms with Gasteiger partial charge in [0.25, 0.3) is 0 Å². The van der Waals surface area contributed by atoms with Crippen LogP contribution in [0.4, 0.5) is 23.5 Å². The fourth-order valence-electron chi connectivity index (χ4n) is 2.16. The van der Waals surface area contributed by atoms with Gasteiger partial charge in [-0.05, 0) is 23.8 Å². The van der Waals surface area contributed by atoms with Crippen molar-refractivity contribution in [3.63, 3.8) is 0 Å². The van der Waals surface area contributed by atoms with Crippen molar-refractivity contribution in [1.82, 2.24) is 24.5 Å². The Hall–Kier alpha value is -3.24. The van der Waals surface area contributed by atoms with Gasteiger partial charge in [-0.15, -0.1) is 5.10 Å². The van der Waals surface area contributed by atoms with E-state index in [0.29, 0.717) is 5.56 Å². The van der Waals surface area contributed by atoms with Crippen molar-refractivity contribution in [3.8, 4) is 0 Å². The third-order valence-electron chi connectivity index (χ3n) is 3.26. The van der Waals surface area contributed by atoms with Crippen LogP contribution in [-0.2, 0) is 24.1 Å². The zero-order valence-corrected chi connectivity index (χ0v) is 13.1. The van der Waals surface area contributed by atoms with Crippen LogP contribution >= 0.6 is 0 Å². The van der Waals surface area contributed by atoms with Crippen LogP contribution in [0, 0.1) is 5.82 Å². The van der Waals surface area contributed by atoms with Crippen LogP contribution in [0.15, 0.2) is 42.9 Å². The highest BCUT2D eigenvalue weighted by Crippen LogP contribution is 2.27. The molecule has 0 aliphatic heterocycles. The van der Waals surface area contributed by atoms with Gasteiger partial charge < -0.3 is 0 Å². The van der Waals surface area contributed by atoms with E-state index in [4.69, 9.17) is 0 Å². The molecule has 0 aliphatic rings. The van der Waals surface area contributed by atoms with E-state index in [1.54, 1.807) is 12.1 Å². The normalized spacial score (nSPS) is 11.5. The Labute approximate surface area is 144 Å². The van der Waals surface area contributed by atoms with E-state index in [1.807, 2.05) is 0 Å². The van der Waals surface area contributed by atoms with Crippen LogP contribution in [0.2, 0.25) is 0 Å². The molecule has 0 saturated heterocycles. The average molecular weight is 368 g/mol. The third-order valence-corrected chi connectivity index (χ3v) is 3.26. The molecule has 1 aromatic carbocycles. The Balaban J connectivity index is 1.58. The molecule has 3 aromatic rings. The minimum absolute atomic E-state index is 0.0189. The van der Waals surface area contributed by atoms with Gasteiger partial charge in [-0.3, -0.25) is 14.8 Å². The zero-order valence-electron chi connectivity index (χ0n) is 13.1. The SMILES string of the molecule is O=C(Cn1ccc(C(F)(F)F)n1)Nc1ncn(Cc2cccc(F)c2)n1. The van der Waals surface area contributed by atoms with Crippen molar-refractivity contribution >= 4 is 11.9 Å². The van der Waals surface area contributed by atoms with Crippen molar-refractivity contribution in [1.29, 1.82) is 0 Å². The van der Waals surface area contributed by atoms with Crippen LogP contribution in [0.1, 0.15) is 11.3 Å². The molecule has 136 valence electrons. The van der Waals surface area contributed by atoms with Crippen molar-refractivity contribution in [2.24, 2.45) is 0 Å². The molecular formula is C15H12F4N6O. The number of halogens is 4.